The molecule has 0 radical (unpaired) electrons. The molecule has 110 valence electrons. The second-order valence-corrected chi connectivity index (χ2v) is 6.97. The molecule has 0 amide bonds. The smallest absolute Gasteiger partial charge is 0.303 e. The number of carboxylic acids is 1. The van der Waals surface area contributed by atoms with Crippen LogP contribution in [0.2, 0.25) is 0 Å². The molecule has 1 heterocycles. The Bertz CT molecular complexity index is 467. The highest BCUT2D eigenvalue weighted by Gasteiger charge is 2.32. The number of hydrogen-bond acceptors (Lipinski definition) is 2. The minimum Gasteiger partial charge on any atom is -0.481 e. The minimum absolute atomic E-state index is 0.186. The van der Waals surface area contributed by atoms with Crippen LogP contribution < -0.4 is 0 Å². The molecule has 1 aromatic rings. The summed E-state index contributed by atoms with van der Waals surface area (Å²) in [4.78, 5) is 13.0. The Labute approximate surface area is 121 Å². The van der Waals surface area contributed by atoms with E-state index in [-0.39, 0.29) is 5.41 Å². The predicted octanol–water partition coefficient (Wildman–Crippen LogP) is 3.45. The van der Waals surface area contributed by atoms with Crippen molar-refractivity contribution in [3.8, 4) is 0 Å². The van der Waals surface area contributed by atoms with Gasteiger partial charge in [-0.3, -0.25) is 9.69 Å². The van der Waals surface area contributed by atoms with Crippen LogP contribution in [0.3, 0.4) is 0 Å². The highest BCUT2D eigenvalue weighted by molar-refractivity contribution is 5.67. The van der Waals surface area contributed by atoms with E-state index in [9.17, 15) is 4.79 Å². The highest BCUT2D eigenvalue weighted by atomic mass is 16.4. The van der Waals surface area contributed by atoms with Gasteiger partial charge in [0.25, 0.3) is 0 Å². The van der Waals surface area contributed by atoms with Crippen molar-refractivity contribution in [3.05, 3.63) is 35.4 Å². The molecule has 20 heavy (non-hydrogen) atoms. The van der Waals surface area contributed by atoms with E-state index in [1.165, 1.54) is 11.1 Å². The van der Waals surface area contributed by atoms with Gasteiger partial charge in [-0.05, 0) is 29.4 Å². The number of hydrogen-bond donors (Lipinski definition) is 1. The maximum absolute atomic E-state index is 10.7. The van der Waals surface area contributed by atoms with Gasteiger partial charge in [-0.15, -0.1) is 0 Å². The third-order valence-electron chi connectivity index (χ3n) is 4.26. The molecule has 1 aromatic carbocycles. The lowest BCUT2D eigenvalue weighted by atomic mass is 9.86. The van der Waals surface area contributed by atoms with Gasteiger partial charge < -0.3 is 5.11 Å². The molecule has 0 saturated carbocycles. The summed E-state index contributed by atoms with van der Waals surface area (Å²) in [5.41, 5.74) is 2.85. The fourth-order valence-corrected chi connectivity index (χ4v) is 2.77. The number of carboxylic acid groups (broad SMARTS) is 1. The lowest BCUT2D eigenvalue weighted by molar-refractivity contribution is -0.139. The zero-order valence-corrected chi connectivity index (χ0v) is 12.9. The van der Waals surface area contributed by atoms with E-state index in [2.05, 4.69) is 56.9 Å². The van der Waals surface area contributed by atoms with E-state index in [1.807, 2.05) is 0 Å². The Hall–Kier alpha value is -1.35. The standard InChI is InChI=1S/C17H25NO2/c1-12(18-10-13(11-18)9-16(19)20)14-5-7-15(8-6-14)17(2,3)4/h5-8,12-13H,9-11H2,1-4H3,(H,19,20). The zero-order valence-electron chi connectivity index (χ0n) is 12.9. The van der Waals surface area contributed by atoms with Crippen LogP contribution >= 0.6 is 0 Å². The maximum atomic E-state index is 10.7. The fraction of sp³-hybridized carbons (Fsp3) is 0.588. The van der Waals surface area contributed by atoms with Crippen LogP contribution in [0.1, 0.15) is 51.3 Å². The Balaban J connectivity index is 1.94. The van der Waals surface area contributed by atoms with Crippen LogP contribution in [0.25, 0.3) is 0 Å². The van der Waals surface area contributed by atoms with Crippen molar-refractivity contribution in [2.24, 2.45) is 5.92 Å². The number of rotatable bonds is 4. The molecule has 3 nitrogen and oxygen atoms in total. The summed E-state index contributed by atoms with van der Waals surface area (Å²) in [5.74, 6) is -0.361. The number of likely N-dealkylation sites (tertiary alicyclic amines) is 1. The molecule has 0 aliphatic carbocycles. The molecule has 0 bridgehead atoms. The summed E-state index contributed by atoms with van der Waals surface area (Å²) in [6.45, 7) is 10.7. The number of carbonyl (C=O) groups is 1. The molecule has 1 aliphatic rings. The Morgan fingerprint density at radius 2 is 1.85 bits per heavy atom. The molecule has 1 fully saturated rings. The lowest BCUT2D eigenvalue weighted by Gasteiger charge is -2.43. The summed E-state index contributed by atoms with van der Waals surface area (Å²) < 4.78 is 0. The third kappa shape index (κ3) is 3.40. The first-order chi connectivity index (χ1) is 9.27. The van der Waals surface area contributed by atoms with Crippen molar-refractivity contribution in [3.63, 3.8) is 0 Å². The second-order valence-electron chi connectivity index (χ2n) is 6.97. The topological polar surface area (TPSA) is 40.5 Å². The Morgan fingerprint density at radius 3 is 2.30 bits per heavy atom. The molecular formula is C17H25NO2. The largest absolute Gasteiger partial charge is 0.481 e. The molecule has 1 atom stereocenters. The SMILES string of the molecule is CC(c1ccc(C(C)(C)C)cc1)N1CC(CC(=O)O)C1. The number of nitrogens with zero attached hydrogens (tertiary/aromatic N) is 1. The number of aliphatic carboxylic acids is 1. The Kier molecular flexibility index (Phi) is 4.19. The van der Waals surface area contributed by atoms with Crippen LogP contribution in [0, 0.1) is 5.92 Å². The van der Waals surface area contributed by atoms with Crippen LogP contribution in [-0.4, -0.2) is 29.1 Å². The summed E-state index contributed by atoms with van der Waals surface area (Å²) in [6.07, 6.45) is 0.298. The molecule has 1 unspecified atom stereocenters. The summed E-state index contributed by atoms with van der Waals surface area (Å²) in [7, 11) is 0. The van der Waals surface area contributed by atoms with Gasteiger partial charge in [0.1, 0.15) is 0 Å². The van der Waals surface area contributed by atoms with Gasteiger partial charge in [-0.1, -0.05) is 45.0 Å². The average molecular weight is 275 g/mol. The molecule has 1 aliphatic heterocycles. The summed E-state index contributed by atoms with van der Waals surface area (Å²) in [5, 5.41) is 8.78. The fourth-order valence-electron chi connectivity index (χ4n) is 2.77. The first-order valence-corrected chi connectivity index (χ1v) is 7.33. The van der Waals surface area contributed by atoms with Crippen molar-refractivity contribution in [2.45, 2.75) is 45.6 Å². The van der Waals surface area contributed by atoms with Crippen LogP contribution in [-0.2, 0) is 10.2 Å². The molecule has 0 spiro atoms. The van der Waals surface area contributed by atoms with Crippen LogP contribution in [0.5, 0.6) is 0 Å². The zero-order chi connectivity index (χ0) is 14.9. The minimum atomic E-state index is -0.683. The van der Waals surface area contributed by atoms with E-state index in [1.54, 1.807) is 0 Å². The van der Waals surface area contributed by atoms with E-state index < -0.39 is 5.97 Å². The summed E-state index contributed by atoms with van der Waals surface area (Å²) >= 11 is 0. The average Bonchev–Trinajstić information content (AvgIpc) is 2.31. The Morgan fingerprint density at radius 1 is 1.30 bits per heavy atom. The monoisotopic (exact) mass is 275 g/mol. The van der Waals surface area contributed by atoms with Crippen molar-refractivity contribution >= 4 is 5.97 Å². The molecular weight excluding hydrogens is 250 g/mol. The van der Waals surface area contributed by atoms with Crippen molar-refractivity contribution in [2.75, 3.05) is 13.1 Å². The van der Waals surface area contributed by atoms with Gasteiger partial charge in [-0.2, -0.15) is 0 Å². The van der Waals surface area contributed by atoms with Gasteiger partial charge in [0, 0.05) is 19.1 Å². The van der Waals surface area contributed by atoms with Crippen LogP contribution in [0.15, 0.2) is 24.3 Å². The molecule has 1 N–H and O–H groups in total. The highest BCUT2D eigenvalue weighted by Crippen LogP contribution is 2.31. The van der Waals surface area contributed by atoms with Crippen molar-refractivity contribution in [1.29, 1.82) is 0 Å². The van der Waals surface area contributed by atoms with Crippen LogP contribution in [0.4, 0.5) is 0 Å². The summed E-state index contributed by atoms with van der Waals surface area (Å²) in [6, 6.07) is 9.20. The van der Waals surface area contributed by atoms with Gasteiger partial charge in [0.15, 0.2) is 0 Å². The normalized spacial score (nSPS) is 18.6. The first kappa shape index (κ1) is 15.0. The molecule has 2 rings (SSSR count). The predicted molar refractivity (Wildman–Crippen MR) is 80.9 cm³/mol. The maximum Gasteiger partial charge on any atom is 0.303 e. The molecule has 0 aromatic heterocycles. The number of benzene rings is 1. The molecule has 3 heteroatoms. The quantitative estimate of drug-likeness (QED) is 0.915. The molecule has 1 saturated heterocycles. The van der Waals surface area contributed by atoms with Gasteiger partial charge in [-0.25, -0.2) is 0 Å². The van der Waals surface area contributed by atoms with E-state index >= 15 is 0 Å². The third-order valence-corrected chi connectivity index (χ3v) is 4.26. The first-order valence-electron chi connectivity index (χ1n) is 7.33. The van der Waals surface area contributed by atoms with E-state index in [4.69, 9.17) is 5.11 Å². The van der Waals surface area contributed by atoms with E-state index in [0.717, 1.165) is 13.1 Å². The lowest BCUT2D eigenvalue weighted by Crippen LogP contribution is -2.48. The van der Waals surface area contributed by atoms with Gasteiger partial charge >= 0.3 is 5.97 Å². The van der Waals surface area contributed by atoms with Crippen molar-refractivity contribution in [1.82, 2.24) is 4.90 Å². The second kappa shape index (κ2) is 5.57. The van der Waals surface area contributed by atoms with E-state index in [0.29, 0.717) is 18.4 Å². The van der Waals surface area contributed by atoms with Crippen molar-refractivity contribution < 1.29 is 9.90 Å². The van der Waals surface area contributed by atoms with Gasteiger partial charge in [0.05, 0.1) is 6.42 Å². The van der Waals surface area contributed by atoms with Gasteiger partial charge in [0.2, 0.25) is 0 Å².